The Hall–Kier alpha value is -3.68. The molecule has 27 heavy (non-hydrogen) atoms. The number of amides is 1. The summed E-state index contributed by atoms with van der Waals surface area (Å²) in [6, 6.07) is 11.9. The Bertz CT molecular complexity index is 1070. The van der Waals surface area contributed by atoms with Crippen molar-refractivity contribution < 1.29 is 18.9 Å². The van der Waals surface area contributed by atoms with Crippen molar-refractivity contribution in [2.24, 2.45) is 0 Å². The summed E-state index contributed by atoms with van der Waals surface area (Å²) < 4.78 is 10.7. The first kappa shape index (κ1) is 18.1. The maximum Gasteiger partial charge on any atom is 0.336 e. The van der Waals surface area contributed by atoms with Gasteiger partial charge in [-0.1, -0.05) is 0 Å². The highest BCUT2D eigenvalue weighted by molar-refractivity contribution is 5.96. The fourth-order valence-corrected chi connectivity index (χ4v) is 2.55. The molecule has 2 aromatic carbocycles. The second-order valence-corrected chi connectivity index (χ2v) is 5.96. The van der Waals surface area contributed by atoms with E-state index in [9.17, 15) is 19.7 Å². The van der Waals surface area contributed by atoms with E-state index >= 15 is 0 Å². The highest BCUT2D eigenvalue weighted by atomic mass is 16.6. The van der Waals surface area contributed by atoms with E-state index in [1.807, 2.05) is 0 Å². The first-order chi connectivity index (χ1) is 12.8. The molecule has 0 saturated heterocycles. The number of fused-ring (bicyclic) bond motifs is 1. The highest BCUT2D eigenvalue weighted by Gasteiger charge is 2.16. The molecule has 0 saturated carbocycles. The van der Waals surface area contributed by atoms with Crippen molar-refractivity contribution in [1.82, 2.24) is 0 Å². The van der Waals surface area contributed by atoms with Crippen molar-refractivity contribution in [2.75, 3.05) is 5.32 Å². The number of nitrogens with zero attached hydrogens (tertiary/aromatic N) is 1. The molecule has 8 nitrogen and oxygen atoms in total. The van der Waals surface area contributed by atoms with Gasteiger partial charge < -0.3 is 14.5 Å². The summed E-state index contributed by atoms with van der Waals surface area (Å²) in [4.78, 5) is 34.0. The zero-order valence-corrected chi connectivity index (χ0v) is 14.6. The van der Waals surface area contributed by atoms with Gasteiger partial charge >= 0.3 is 5.63 Å². The lowest BCUT2D eigenvalue weighted by molar-refractivity contribution is -0.384. The molecule has 8 heteroatoms. The first-order valence-electron chi connectivity index (χ1n) is 8.10. The molecule has 0 spiro atoms. The van der Waals surface area contributed by atoms with E-state index in [0.29, 0.717) is 17.0 Å². The third-order valence-electron chi connectivity index (χ3n) is 3.95. The first-order valence-corrected chi connectivity index (χ1v) is 8.10. The highest BCUT2D eigenvalue weighted by Crippen LogP contribution is 2.22. The average molecular weight is 368 g/mol. The van der Waals surface area contributed by atoms with Gasteiger partial charge in [0, 0.05) is 35.3 Å². The van der Waals surface area contributed by atoms with Crippen LogP contribution >= 0.6 is 0 Å². The predicted molar refractivity (Wildman–Crippen MR) is 99.0 cm³/mol. The van der Waals surface area contributed by atoms with Crippen molar-refractivity contribution in [3.8, 4) is 5.75 Å². The Labute approximate surface area is 153 Å². The lowest BCUT2D eigenvalue weighted by Crippen LogP contribution is -2.30. The zero-order chi connectivity index (χ0) is 19.6. The molecular formula is C19H16N2O6. The molecule has 0 bridgehead atoms. The molecule has 0 fully saturated rings. The third kappa shape index (κ3) is 4.12. The molecule has 0 radical (unpaired) electrons. The van der Waals surface area contributed by atoms with Gasteiger partial charge in [0.2, 0.25) is 0 Å². The normalized spacial score (nSPS) is 11.8. The molecule has 3 rings (SSSR count). The van der Waals surface area contributed by atoms with Gasteiger partial charge in [-0.2, -0.15) is 0 Å². The molecular weight excluding hydrogens is 352 g/mol. The number of hydrogen-bond donors (Lipinski definition) is 1. The summed E-state index contributed by atoms with van der Waals surface area (Å²) in [6.45, 7) is 3.36. The lowest BCUT2D eigenvalue weighted by Gasteiger charge is -2.15. The molecule has 1 amide bonds. The largest absolute Gasteiger partial charge is 0.481 e. The summed E-state index contributed by atoms with van der Waals surface area (Å²) in [5.41, 5.74) is 1.10. The third-order valence-corrected chi connectivity index (χ3v) is 3.95. The number of benzene rings is 2. The van der Waals surface area contributed by atoms with Crippen LogP contribution in [0.1, 0.15) is 12.5 Å². The maximum atomic E-state index is 12.3. The molecule has 1 aromatic heterocycles. The SMILES string of the molecule is Cc1cc(=O)oc2cc(NC(=O)[C@@H](C)Oc3ccc([N+](=O)[O-])cc3)ccc12. The van der Waals surface area contributed by atoms with E-state index in [1.54, 1.807) is 32.0 Å². The fourth-order valence-electron chi connectivity index (χ4n) is 2.55. The molecule has 1 heterocycles. The van der Waals surface area contributed by atoms with Crippen LogP contribution in [0.15, 0.2) is 57.7 Å². The molecule has 0 aliphatic carbocycles. The summed E-state index contributed by atoms with van der Waals surface area (Å²) in [7, 11) is 0. The lowest BCUT2D eigenvalue weighted by atomic mass is 10.1. The van der Waals surface area contributed by atoms with E-state index in [4.69, 9.17) is 9.15 Å². The number of nitro groups is 1. The van der Waals surface area contributed by atoms with E-state index in [2.05, 4.69) is 5.32 Å². The van der Waals surface area contributed by atoms with Crippen molar-refractivity contribution in [3.63, 3.8) is 0 Å². The van der Waals surface area contributed by atoms with Crippen molar-refractivity contribution >= 4 is 28.3 Å². The molecule has 0 aliphatic rings. The quantitative estimate of drug-likeness (QED) is 0.419. The van der Waals surface area contributed by atoms with Crippen molar-refractivity contribution in [3.05, 3.63) is 74.6 Å². The predicted octanol–water partition coefficient (Wildman–Crippen LogP) is 3.42. The van der Waals surface area contributed by atoms with E-state index in [-0.39, 0.29) is 5.69 Å². The number of non-ortho nitro benzene ring substituents is 1. The van der Waals surface area contributed by atoms with Crippen LogP contribution in [0.4, 0.5) is 11.4 Å². The number of hydrogen-bond acceptors (Lipinski definition) is 6. The van der Waals surface area contributed by atoms with Crippen LogP contribution in [0.3, 0.4) is 0 Å². The van der Waals surface area contributed by atoms with E-state index in [0.717, 1.165) is 10.9 Å². The van der Waals surface area contributed by atoms with Crippen LogP contribution in [-0.4, -0.2) is 16.9 Å². The Morgan fingerprint density at radius 1 is 1.19 bits per heavy atom. The van der Waals surface area contributed by atoms with Gasteiger partial charge in [-0.25, -0.2) is 4.79 Å². The summed E-state index contributed by atoms with van der Waals surface area (Å²) in [6.07, 6.45) is -0.841. The number of carbonyl (C=O) groups excluding carboxylic acids is 1. The maximum absolute atomic E-state index is 12.3. The van der Waals surface area contributed by atoms with Crippen molar-refractivity contribution in [2.45, 2.75) is 20.0 Å². The van der Waals surface area contributed by atoms with Gasteiger partial charge in [0.05, 0.1) is 4.92 Å². The fraction of sp³-hybridized carbons (Fsp3) is 0.158. The van der Waals surface area contributed by atoms with Gasteiger partial charge in [-0.05, 0) is 43.7 Å². The summed E-state index contributed by atoms with van der Waals surface area (Å²) in [5, 5.41) is 14.1. The van der Waals surface area contributed by atoms with Crippen LogP contribution in [0.2, 0.25) is 0 Å². The van der Waals surface area contributed by atoms with Crippen LogP contribution in [-0.2, 0) is 4.79 Å². The Morgan fingerprint density at radius 2 is 1.89 bits per heavy atom. The minimum Gasteiger partial charge on any atom is -0.481 e. The van der Waals surface area contributed by atoms with Crippen LogP contribution in [0.25, 0.3) is 11.0 Å². The van der Waals surface area contributed by atoms with Crippen LogP contribution < -0.4 is 15.7 Å². The van der Waals surface area contributed by atoms with Gasteiger partial charge in [-0.3, -0.25) is 14.9 Å². The van der Waals surface area contributed by atoms with E-state index in [1.165, 1.54) is 30.3 Å². The van der Waals surface area contributed by atoms with Gasteiger partial charge in [-0.15, -0.1) is 0 Å². The molecule has 0 unspecified atom stereocenters. The monoisotopic (exact) mass is 368 g/mol. The zero-order valence-electron chi connectivity index (χ0n) is 14.6. The minimum atomic E-state index is -0.841. The topological polar surface area (TPSA) is 112 Å². The van der Waals surface area contributed by atoms with Gasteiger partial charge in [0.15, 0.2) is 6.10 Å². The smallest absolute Gasteiger partial charge is 0.336 e. The molecule has 3 aromatic rings. The molecule has 1 atom stereocenters. The second-order valence-electron chi connectivity index (χ2n) is 5.96. The number of ether oxygens (including phenoxy) is 1. The summed E-state index contributed by atoms with van der Waals surface area (Å²) in [5.74, 6) is -0.0777. The van der Waals surface area contributed by atoms with Gasteiger partial charge in [0.25, 0.3) is 11.6 Å². The average Bonchev–Trinajstić information content (AvgIpc) is 2.61. The second kappa shape index (κ2) is 7.28. The number of rotatable bonds is 5. The molecule has 0 aliphatic heterocycles. The van der Waals surface area contributed by atoms with E-state index < -0.39 is 22.6 Å². The Morgan fingerprint density at radius 3 is 2.56 bits per heavy atom. The number of aryl methyl sites for hydroxylation is 1. The van der Waals surface area contributed by atoms with Gasteiger partial charge in [0.1, 0.15) is 11.3 Å². The number of carbonyl (C=O) groups is 1. The van der Waals surface area contributed by atoms with Crippen LogP contribution in [0, 0.1) is 17.0 Å². The minimum absolute atomic E-state index is 0.0626. The van der Waals surface area contributed by atoms with Crippen molar-refractivity contribution in [1.29, 1.82) is 0 Å². The molecule has 1 N–H and O–H groups in total. The number of anilines is 1. The Balaban J connectivity index is 1.71. The standard InChI is InChI=1S/C19H16N2O6/c1-11-9-18(22)27-17-10-13(3-8-16(11)17)20-19(23)12(2)26-15-6-4-14(5-7-15)21(24)25/h3-10,12H,1-2H3,(H,20,23)/t12-/m1/s1. The summed E-state index contributed by atoms with van der Waals surface area (Å²) >= 11 is 0. The number of nitrogens with one attached hydrogen (secondary N) is 1. The number of nitro benzene ring substituents is 1. The molecule has 138 valence electrons. The van der Waals surface area contributed by atoms with Crippen LogP contribution in [0.5, 0.6) is 5.75 Å². The Kier molecular flexibility index (Phi) is 4.89.